The first-order valence-electron chi connectivity index (χ1n) is 4.14. The van der Waals surface area contributed by atoms with Gasteiger partial charge in [0.25, 0.3) is 0 Å². The van der Waals surface area contributed by atoms with Crippen molar-refractivity contribution < 1.29 is 4.79 Å². The van der Waals surface area contributed by atoms with Crippen molar-refractivity contribution in [1.82, 2.24) is 0 Å². The summed E-state index contributed by atoms with van der Waals surface area (Å²) in [5, 5.41) is 0.659. The SMILES string of the molecule is Cc1cc(Cl)cc2c1SCCC2=O. The van der Waals surface area contributed by atoms with Crippen LogP contribution < -0.4 is 0 Å². The first-order valence-corrected chi connectivity index (χ1v) is 5.51. The van der Waals surface area contributed by atoms with Crippen LogP contribution in [0.3, 0.4) is 0 Å². The van der Waals surface area contributed by atoms with Crippen LogP contribution in [0.15, 0.2) is 17.0 Å². The lowest BCUT2D eigenvalue weighted by atomic mass is 10.1. The second kappa shape index (κ2) is 3.35. The van der Waals surface area contributed by atoms with Gasteiger partial charge in [-0.25, -0.2) is 0 Å². The summed E-state index contributed by atoms with van der Waals surface area (Å²) < 4.78 is 0. The van der Waals surface area contributed by atoms with Gasteiger partial charge in [-0.1, -0.05) is 11.6 Å². The molecule has 1 aromatic carbocycles. The van der Waals surface area contributed by atoms with Gasteiger partial charge in [0.05, 0.1) is 0 Å². The van der Waals surface area contributed by atoms with Crippen molar-refractivity contribution in [3.05, 3.63) is 28.3 Å². The van der Waals surface area contributed by atoms with Crippen LogP contribution in [0.5, 0.6) is 0 Å². The lowest BCUT2D eigenvalue weighted by Crippen LogP contribution is -2.09. The maximum absolute atomic E-state index is 11.5. The van der Waals surface area contributed by atoms with Crippen LogP contribution in [0.4, 0.5) is 0 Å². The van der Waals surface area contributed by atoms with Gasteiger partial charge >= 0.3 is 0 Å². The standard InChI is InChI=1S/C10H9ClOS/c1-6-4-7(11)5-8-9(12)2-3-13-10(6)8/h4-5H,2-3H2,1H3. The van der Waals surface area contributed by atoms with Crippen molar-refractivity contribution in [2.45, 2.75) is 18.2 Å². The molecular weight excluding hydrogens is 204 g/mol. The van der Waals surface area contributed by atoms with Crippen LogP contribution in [0.25, 0.3) is 0 Å². The number of fused-ring (bicyclic) bond motifs is 1. The third kappa shape index (κ3) is 1.61. The average molecular weight is 213 g/mol. The lowest BCUT2D eigenvalue weighted by Gasteiger charge is -2.16. The molecule has 0 bridgehead atoms. The summed E-state index contributed by atoms with van der Waals surface area (Å²) >= 11 is 7.63. The Balaban J connectivity index is 2.63. The van der Waals surface area contributed by atoms with E-state index in [-0.39, 0.29) is 5.78 Å². The molecule has 0 unspecified atom stereocenters. The molecule has 13 heavy (non-hydrogen) atoms. The Morgan fingerprint density at radius 2 is 2.23 bits per heavy atom. The number of hydrogen-bond acceptors (Lipinski definition) is 2. The number of benzene rings is 1. The van der Waals surface area contributed by atoms with E-state index in [0.717, 1.165) is 21.8 Å². The summed E-state index contributed by atoms with van der Waals surface area (Å²) in [5.41, 5.74) is 1.92. The van der Waals surface area contributed by atoms with Gasteiger partial charge < -0.3 is 0 Å². The Hall–Kier alpha value is -0.470. The van der Waals surface area contributed by atoms with E-state index in [4.69, 9.17) is 11.6 Å². The molecule has 0 spiro atoms. The molecule has 1 aromatic rings. The Morgan fingerprint density at radius 1 is 1.46 bits per heavy atom. The molecular formula is C10H9ClOS. The molecule has 0 aliphatic carbocycles. The number of ketones is 1. The fourth-order valence-corrected chi connectivity index (χ4v) is 2.89. The molecule has 0 N–H and O–H groups in total. The molecule has 0 saturated carbocycles. The van der Waals surface area contributed by atoms with E-state index in [9.17, 15) is 4.79 Å². The second-order valence-corrected chi connectivity index (χ2v) is 4.66. The lowest BCUT2D eigenvalue weighted by molar-refractivity contribution is 0.0984. The first-order chi connectivity index (χ1) is 6.18. The van der Waals surface area contributed by atoms with Crippen molar-refractivity contribution in [2.24, 2.45) is 0 Å². The van der Waals surface area contributed by atoms with E-state index in [1.807, 2.05) is 13.0 Å². The van der Waals surface area contributed by atoms with Crippen LogP contribution in [-0.2, 0) is 0 Å². The molecule has 0 aromatic heterocycles. The van der Waals surface area contributed by atoms with Crippen LogP contribution in [0.1, 0.15) is 22.3 Å². The Bertz CT molecular complexity index is 373. The number of carbonyl (C=O) groups is 1. The molecule has 1 nitrogen and oxygen atoms in total. The predicted octanol–water partition coefficient (Wildman–Crippen LogP) is 3.33. The van der Waals surface area contributed by atoms with Gasteiger partial charge in [0.2, 0.25) is 0 Å². The molecule has 68 valence electrons. The number of aryl methyl sites for hydroxylation is 1. The van der Waals surface area contributed by atoms with Crippen molar-refractivity contribution in [1.29, 1.82) is 0 Å². The number of thioether (sulfide) groups is 1. The van der Waals surface area contributed by atoms with Gasteiger partial charge in [-0.05, 0) is 24.6 Å². The normalized spacial score (nSPS) is 15.7. The summed E-state index contributed by atoms with van der Waals surface area (Å²) in [6.45, 7) is 2.00. The minimum atomic E-state index is 0.222. The minimum Gasteiger partial charge on any atom is -0.294 e. The summed E-state index contributed by atoms with van der Waals surface area (Å²) in [5.74, 6) is 1.12. The number of carbonyl (C=O) groups excluding carboxylic acids is 1. The number of halogens is 1. The molecule has 0 radical (unpaired) electrons. The van der Waals surface area contributed by atoms with Gasteiger partial charge in [0, 0.05) is 27.7 Å². The molecule has 3 heteroatoms. The minimum absolute atomic E-state index is 0.222. The smallest absolute Gasteiger partial charge is 0.164 e. The van der Waals surface area contributed by atoms with Gasteiger partial charge in [-0.15, -0.1) is 11.8 Å². The monoisotopic (exact) mass is 212 g/mol. The Labute approximate surface area is 86.5 Å². The van der Waals surface area contributed by atoms with E-state index >= 15 is 0 Å². The van der Waals surface area contributed by atoms with Crippen LogP contribution in [0.2, 0.25) is 5.02 Å². The number of rotatable bonds is 0. The molecule has 0 amide bonds. The van der Waals surface area contributed by atoms with Gasteiger partial charge in [-0.2, -0.15) is 0 Å². The average Bonchev–Trinajstić information content (AvgIpc) is 2.07. The maximum Gasteiger partial charge on any atom is 0.164 e. The highest BCUT2D eigenvalue weighted by atomic mass is 35.5. The van der Waals surface area contributed by atoms with Crippen molar-refractivity contribution >= 4 is 29.1 Å². The van der Waals surface area contributed by atoms with Crippen molar-refractivity contribution in [2.75, 3.05) is 5.75 Å². The molecule has 1 heterocycles. The fraction of sp³-hybridized carbons (Fsp3) is 0.300. The highest BCUT2D eigenvalue weighted by Gasteiger charge is 2.19. The molecule has 2 rings (SSSR count). The Kier molecular flexibility index (Phi) is 2.35. The van der Waals surface area contributed by atoms with Crippen molar-refractivity contribution in [3.8, 4) is 0 Å². The third-order valence-electron chi connectivity index (χ3n) is 2.12. The quantitative estimate of drug-likeness (QED) is 0.656. The van der Waals surface area contributed by atoms with Crippen LogP contribution >= 0.6 is 23.4 Å². The number of hydrogen-bond donors (Lipinski definition) is 0. The maximum atomic E-state index is 11.5. The van der Waals surface area contributed by atoms with E-state index in [1.54, 1.807) is 17.8 Å². The van der Waals surface area contributed by atoms with Crippen molar-refractivity contribution in [3.63, 3.8) is 0 Å². The van der Waals surface area contributed by atoms with E-state index in [2.05, 4.69) is 0 Å². The summed E-state index contributed by atoms with van der Waals surface area (Å²) in [6.07, 6.45) is 0.636. The van der Waals surface area contributed by atoms with E-state index in [1.165, 1.54) is 0 Å². The Morgan fingerprint density at radius 3 is 3.00 bits per heavy atom. The zero-order valence-corrected chi connectivity index (χ0v) is 8.84. The highest BCUT2D eigenvalue weighted by Crippen LogP contribution is 2.34. The molecule has 1 aliphatic rings. The van der Waals surface area contributed by atoms with Gasteiger partial charge in [0.1, 0.15) is 0 Å². The van der Waals surface area contributed by atoms with Crippen LogP contribution in [0, 0.1) is 6.92 Å². The van der Waals surface area contributed by atoms with Gasteiger partial charge in [-0.3, -0.25) is 4.79 Å². The third-order valence-corrected chi connectivity index (χ3v) is 3.57. The molecule has 1 aliphatic heterocycles. The fourth-order valence-electron chi connectivity index (χ4n) is 1.51. The van der Waals surface area contributed by atoms with E-state index < -0.39 is 0 Å². The first kappa shape index (κ1) is 9.10. The number of Topliss-reactive ketones (excluding diaryl/α,β-unsaturated/α-hetero) is 1. The largest absolute Gasteiger partial charge is 0.294 e. The topological polar surface area (TPSA) is 17.1 Å². The molecule has 0 atom stereocenters. The zero-order chi connectivity index (χ0) is 9.42. The summed E-state index contributed by atoms with van der Waals surface area (Å²) in [6, 6.07) is 3.68. The summed E-state index contributed by atoms with van der Waals surface area (Å²) in [7, 11) is 0. The second-order valence-electron chi connectivity index (χ2n) is 3.12. The van der Waals surface area contributed by atoms with E-state index in [0.29, 0.717) is 11.4 Å². The zero-order valence-electron chi connectivity index (χ0n) is 7.26. The predicted molar refractivity (Wildman–Crippen MR) is 55.9 cm³/mol. The molecule has 0 saturated heterocycles. The highest BCUT2D eigenvalue weighted by molar-refractivity contribution is 7.99. The summed E-state index contributed by atoms with van der Waals surface area (Å²) in [4.78, 5) is 12.6. The van der Waals surface area contributed by atoms with Gasteiger partial charge in [0.15, 0.2) is 5.78 Å². The molecule has 0 fully saturated rings. The van der Waals surface area contributed by atoms with Crippen LogP contribution in [-0.4, -0.2) is 11.5 Å².